The zero-order chi connectivity index (χ0) is 4.12. The van der Waals surface area contributed by atoms with Gasteiger partial charge in [-0.1, -0.05) is 6.92 Å². The van der Waals surface area contributed by atoms with Crippen molar-refractivity contribution in [2.45, 2.75) is 13.3 Å². The Morgan fingerprint density at radius 2 is 2.17 bits per heavy atom. The van der Waals surface area contributed by atoms with Crippen molar-refractivity contribution in [3.05, 3.63) is 0 Å². The summed E-state index contributed by atoms with van der Waals surface area (Å²) in [5, 5.41) is 0. The Kier molecular flexibility index (Phi) is 14.1. The Bertz CT molecular complexity index is 18.3. The molecule has 0 atom stereocenters. The largest absolute Gasteiger partial charge is 0.428 e. The van der Waals surface area contributed by atoms with Crippen LogP contribution < -0.4 is 6.15 Å². The van der Waals surface area contributed by atoms with E-state index in [9.17, 15) is 0 Å². The predicted molar refractivity (Wildman–Crippen MR) is 31.2 cm³/mol. The van der Waals surface area contributed by atoms with Crippen molar-refractivity contribution in [3.63, 3.8) is 0 Å². The van der Waals surface area contributed by atoms with Gasteiger partial charge in [-0.25, -0.2) is 0 Å². The van der Waals surface area contributed by atoms with Crippen molar-refractivity contribution in [1.82, 2.24) is 6.15 Å². The molecule has 0 saturated carbocycles. The topological polar surface area (TPSA) is 44.2 Å². The molecule has 0 aromatic rings. The van der Waals surface area contributed by atoms with Crippen LogP contribution in [0.15, 0.2) is 0 Å². The number of rotatable bonds is 2. The summed E-state index contributed by atoms with van der Waals surface area (Å²) >= 11 is 0. The van der Waals surface area contributed by atoms with Crippen LogP contribution in [0.1, 0.15) is 13.3 Å². The molecule has 0 aliphatic heterocycles. The first-order chi connectivity index (χ1) is 2.41. The Balaban J connectivity index is 0. The second-order valence-corrected chi connectivity index (χ2v) is 1.57. The standard InChI is InChI=1S/C3H10OSi.H3N/c1-2-3-4-5;/h2-3H2,1,5H3;1H3. The molecule has 0 fully saturated rings. The van der Waals surface area contributed by atoms with Crippen molar-refractivity contribution in [2.24, 2.45) is 0 Å². The van der Waals surface area contributed by atoms with Gasteiger partial charge < -0.3 is 10.6 Å². The van der Waals surface area contributed by atoms with Gasteiger partial charge in [0, 0.05) is 6.61 Å². The third-order valence-corrected chi connectivity index (χ3v) is 0.816. The van der Waals surface area contributed by atoms with E-state index in [4.69, 9.17) is 4.43 Å². The lowest BCUT2D eigenvalue weighted by atomic mass is 10.5. The van der Waals surface area contributed by atoms with Crippen LogP contribution in [0.2, 0.25) is 0 Å². The average molecular weight is 107 g/mol. The zero-order valence-electron chi connectivity index (χ0n) is 4.53. The Labute approximate surface area is 42.0 Å². The molecule has 40 valence electrons. The van der Waals surface area contributed by atoms with Crippen molar-refractivity contribution in [3.8, 4) is 0 Å². The van der Waals surface area contributed by atoms with Crippen LogP contribution in [0.3, 0.4) is 0 Å². The fourth-order valence-electron chi connectivity index (χ4n) is 0.204. The van der Waals surface area contributed by atoms with Crippen molar-refractivity contribution < 1.29 is 4.43 Å². The molecule has 0 aliphatic carbocycles. The van der Waals surface area contributed by atoms with E-state index in [1.807, 2.05) is 0 Å². The molecule has 0 aromatic carbocycles. The molecule has 0 amide bonds. The fraction of sp³-hybridized carbons (Fsp3) is 1.00. The van der Waals surface area contributed by atoms with Gasteiger partial charge in [-0.3, -0.25) is 0 Å². The summed E-state index contributed by atoms with van der Waals surface area (Å²) in [7, 11) is 0.899. The summed E-state index contributed by atoms with van der Waals surface area (Å²) < 4.78 is 4.83. The molecule has 0 radical (unpaired) electrons. The second kappa shape index (κ2) is 8.93. The predicted octanol–water partition coefficient (Wildman–Crippen LogP) is -0.145. The Morgan fingerprint density at radius 1 is 1.67 bits per heavy atom. The van der Waals surface area contributed by atoms with E-state index in [-0.39, 0.29) is 6.15 Å². The zero-order valence-corrected chi connectivity index (χ0v) is 6.53. The highest BCUT2D eigenvalue weighted by Crippen LogP contribution is 1.69. The third-order valence-electron chi connectivity index (χ3n) is 0.408. The molecule has 0 heterocycles. The Hall–Kier alpha value is 0.137. The maximum Gasteiger partial charge on any atom is 0.145 e. The average Bonchev–Trinajstić information content (AvgIpc) is 1.41. The smallest absolute Gasteiger partial charge is 0.145 e. The van der Waals surface area contributed by atoms with E-state index < -0.39 is 0 Å². The Morgan fingerprint density at radius 3 is 2.17 bits per heavy atom. The van der Waals surface area contributed by atoms with Crippen LogP contribution in [0, 0.1) is 0 Å². The quantitative estimate of drug-likeness (QED) is 0.499. The molecule has 0 bridgehead atoms. The molecule has 0 rings (SSSR count). The summed E-state index contributed by atoms with van der Waals surface area (Å²) in [6, 6.07) is 0. The number of hydrogen-bond acceptors (Lipinski definition) is 2. The van der Waals surface area contributed by atoms with Gasteiger partial charge in [-0.15, -0.1) is 0 Å². The molecule has 0 aliphatic rings. The van der Waals surface area contributed by atoms with Crippen molar-refractivity contribution in [2.75, 3.05) is 6.61 Å². The van der Waals surface area contributed by atoms with Gasteiger partial charge >= 0.3 is 0 Å². The minimum Gasteiger partial charge on any atom is -0.428 e. The molecule has 0 saturated heterocycles. The van der Waals surface area contributed by atoms with E-state index in [2.05, 4.69) is 6.92 Å². The maximum absolute atomic E-state index is 4.83. The van der Waals surface area contributed by atoms with Gasteiger partial charge in [0.2, 0.25) is 0 Å². The molecule has 6 heavy (non-hydrogen) atoms. The molecule has 3 N–H and O–H groups in total. The number of hydrogen-bond donors (Lipinski definition) is 1. The first kappa shape index (κ1) is 9.46. The van der Waals surface area contributed by atoms with E-state index in [1.54, 1.807) is 0 Å². The van der Waals surface area contributed by atoms with Gasteiger partial charge in [-0.2, -0.15) is 0 Å². The summed E-state index contributed by atoms with van der Waals surface area (Å²) in [4.78, 5) is 0. The summed E-state index contributed by atoms with van der Waals surface area (Å²) in [5.74, 6) is 0. The van der Waals surface area contributed by atoms with Crippen LogP contribution >= 0.6 is 0 Å². The van der Waals surface area contributed by atoms with E-state index >= 15 is 0 Å². The molecule has 3 heteroatoms. The van der Waals surface area contributed by atoms with Gasteiger partial charge in [0.15, 0.2) is 0 Å². The molecular weight excluding hydrogens is 94.1 g/mol. The van der Waals surface area contributed by atoms with Gasteiger partial charge in [0.25, 0.3) is 0 Å². The SMILES string of the molecule is CCCO[SiH3].N. The highest BCUT2D eigenvalue weighted by atomic mass is 28.2. The van der Waals surface area contributed by atoms with Crippen LogP contribution in [-0.2, 0) is 4.43 Å². The van der Waals surface area contributed by atoms with Crippen molar-refractivity contribution >= 4 is 10.5 Å². The molecular formula is C3H13NOSi. The van der Waals surface area contributed by atoms with Crippen LogP contribution in [-0.4, -0.2) is 17.1 Å². The van der Waals surface area contributed by atoms with Gasteiger partial charge in [0.05, 0.1) is 0 Å². The summed E-state index contributed by atoms with van der Waals surface area (Å²) in [6.07, 6.45) is 1.16. The van der Waals surface area contributed by atoms with Crippen LogP contribution in [0.4, 0.5) is 0 Å². The lowest BCUT2D eigenvalue weighted by molar-refractivity contribution is 0.349. The minimum absolute atomic E-state index is 0. The van der Waals surface area contributed by atoms with Crippen LogP contribution in [0.25, 0.3) is 0 Å². The summed E-state index contributed by atoms with van der Waals surface area (Å²) in [6.45, 7) is 3.06. The first-order valence-corrected chi connectivity index (χ1v) is 2.72. The molecule has 0 unspecified atom stereocenters. The third kappa shape index (κ3) is 8.91. The summed E-state index contributed by atoms with van der Waals surface area (Å²) in [5.41, 5.74) is 0. The lowest BCUT2D eigenvalue weighted by Gasteiger charge is -1.85. The van der Waals surface area contributed by atoms with Gasteiger partial charge in [0.1, 0.15) is 10.5 Å². The first-order valence-electron chi connectivity index (χ1n) is 1.90. The van der Waals surface area contributed by atoms with Crippen LogP contribution in [0.5, 0.6) is 0 Å². The highest BCUT2D eigenvalue weighted by molar-refractivity contribution is 5.97. The van der Waals surface area contributed by atoms with E-state index in [1.165, 1.54) is 0 Å². The second-order valence-electron chi connectivity index (χ2n) is 0.993. The monoisotopic (exact) mass is 107 g/mol. The highest BCUT2D eigenvalue weighted by Gasteiger charge is 1.65. The molecule has 2 nitrogen and oxygen atoms in total. The van der Waals surface area contributed by atoms with E-state index in [0.717, 1.165) is 23.5 Å². The molecule has 0 aromatic heterocycles. The molecule has 0 spiro atoms. The normalized spacial score (nSPS) is 7.50. The fourth-order valence-corrected chi connectivity index (χ4v) is 0.612. The van der Waals surface area contributed by atoms with Crippen molar-refractivity contribution in [1.29, 1.82) is 0 Å². The lowest BCUT2D eigenvalue weighted by Crippen LogP contribution is -1.83. The minimum atomic E-state index is 0. The maximum atomic E-state index is 4.83. The van der Waals surface area contributed by atoms with E-state index in [0.29, 0.717) is 0 Å². The van der Waals surface area contributed by atoms with Gasteiger partial charge in [-0.05, 0) is 6.42 Å².